The summed E-state index contributed by atoms with van der Waals surface area (Å²) in [7, 11) is 0. The normalized spacial score (nSPS) is 15.7. The van der Waals surface area contributed by atoms with Gasteiger partial charge in [-0.3, -0.25) is 19.2 Å². The Morgan fingerprint density at radius 3 is 1.81 bits per heavy atom. The van der Waals surface area contributed by atoms with Crippen LogP contribution < -0.4 is 26.6 Å². The molecule has 0 aliphatic carbocycles. The SMILES string of the molecule is CCCCNC(=O)[C@@H](NC(=O)[C@H](C)C[C@H](O)[C@H](CC(C)C)NC(=O)[C@H](CCS)NC(=O)[C@H](CC(C)C)NC(=O)OC(C)(C)C)C(C)C. The van der Waals surface area contributed by atoms with Crippen molar-refractivity contribution in [3.8, 4) is 0 Å². The van der Waals surface area contributed by atoms with Crippen LogP contribution in [-0.4, -0.2) is 83.0 Å². The highest BCUT2D eigenvalue weighted by atomic mass is 32.1. The van der Waals surface area contributed by atoms with Crippen molar-refractivity contribution in [2.75, 3.05) is 12.3 Å². The van der Waals surface area contributed by atoms with E-state index >= 15 is 0 Å². The van der Waals surface area contributed by atoms with Gasteiger partial charge in [0.25, 0.3) is 0 Å². The van der Waals surface area contributed by atoms with Crippen LogP contribution in [0.25, 0.3) is 0 Å². The summed E-state index contributed by atoms with van der Waals surface area (Å²) >= 11 is 4.28. The summed E-state index contributed by atoms with van der Waals surface area (Å²) in [4.78, 5) is 65.1. The lowest BCUT2D eigenvalue weighted by atomic mass is 9.91. The lowest BCUT2D eigenvalue weighted by Gasteiger charge is -2.30. The second-order valence-electron chi connectivity index (χ2n) is 14.7. The van der Waals surface area contributed by atoms with E-state index < -0.39 is 59.7 Å². The minimum atomic E-state index is -1.08. The van der Waals surface area contributed by atoms with Crippen LogP contribution in [0.4, 0.5) is 4.79 Å². The second-order valence-corrected chi connectivity index (χ2v) is 15.2. The summed E-state index contributed by atoms with van der Waals surface area (Å²) in [5.74, 6) is -1.96. The lowest BCUT2D eigenvalue weighted by molar-refractivity contribution is -0.133. The zero-order chi connectivity index (χ0) is 36.5. The summed E-state index contributed by atoms with van der Waals surface area (Å²) < 4.78 is 5.33. The van der Waals surface area contributed by atoms with Crippen molar-refractivity contribution in [2.24, 2.45) is 23.7 Å². The third-order valence-corrected chi connectivity index (χ3v) is 7.66. The van der Waals surface area contributed by atoms with Crippen LogP contribution in [-0.2, 0) is 23.9 Å². The molecule has 0 aliphatic rings. The summed E-state index contributed by atoms with van der Waals surface area (Å²) in [6.07, 6.45) is 0.980. The van der Waals surface area contributed by atoms with Crippen LogP contribution in [0.5, 0.6) is 0 Å². The summed E-state index contributed by atoms with van der Waals surface area (Å²) in [5.41, 5.74) is -0.749. The molecule has 0 radical (unpaired) electrons. The molecular formula is C34H65N5O7S. The van der Waals surface area contributed by atoms with E-state index in [2.05, 4.69) is 39.2 Å². The Morgan fingerprint density at radius 2 is 1.32 bits per heavy atom. The molecule has 5 amide bonds. The van der Waals surface area contributed by atoms with E-state index in [0.29, 0.717) is 25.1 Å². The van der Waals surface area contributed by atoms with Gasteiger partial charge in [-0.05, 0) is 76.4 Å². The van der Waals surface area contributed by atoms with Crippen LogP contribution in [0.1, 0.15) is 115 Å². The molecule has 13 heteroatoms. The Balaban J connectivity index is 5.69. The number of hydrogen-bond acceptors (Lipinski definition) is 8. The Morgan fingerprint density at radius 1 is 0.745 bits per heavy atom. The van der Waals surface area contributed by atoms with Gasteiger partial charge in [-0.2, -0.15) is 12.6 Å². The molecule has 0 aromatic rings. The van der Waals surface area contributed by atoms with Gasteiger partial charge < -0.3 is 36.4 Å². The van der Waals surface area contributed by atoms with Crippen LogP contribution in [0, 0.1) is 23.7 Å². The number of amides is 5. The van der Waals surface area contributed by atoms with Crippen LogP contribution in [0.15, 0.2) is 0 Å². The predicted molar refractivity (Wildman–Crippen MR) is 189 cm³/mol. The van der Waals surface area contributed by atoms with Crippen molar-refractivity contribution >= 4 is 42.4 Å². The van der Waals surface area contributed by atoms with Gasteiger partial charge in [0.1, 0.15) is 23.7 Å². The fourth-order valence-electron chi connectivity index (χ4n) is 4.89. The fourth-order valence-corrected chi connectivity index (χ4v) is 5.15. The Hall–Kier alpha value is -2.54. The molecule has 0 aromatic heterocycles. The third-order valence-electron chi connectivity index (χ3n) is 7.40. The Labute approximate surface area is 288 Å². The highest BCUT2D eigenvalue weighted by Gasteiger charge is 2.33. The standard InChI is InChI=1S/C34H65N5O7S/c1-12-13-15-35-32(44)28(22(6)7)39-29(41)23(8)19-27(40)25(17-20(2)3)37-30(42)24(14-16-47)36-31(43)26(18-21(4)5)38-33(45)46-34(9,10)11/h20-28,40,47H,12-19H2,1-11H3,(H,35,44)(H,36,43)(H,37,42)(H,38,45)(H,39,41)/t23-,24+,25+,26+,27+,28+/m1/s1. The summed E-state index contributed by atoms with van der Waals surface area (Å²) in [5, 5.41) is 25.2. The van der Waals surface area contributed by atoms with Crippen molar-refractivity contribution < 1.29 is 33.8 Å². The molecule has 0 bridgehead atoms. The zero-order valence-electron chi connectivity index (χ0n) is 30.7. The molecule has 47 heavy (non-hydrogen) atoms. The largest absolute Gasteiger partial charge is 0.444 e. The van der Waals surface area contributed by atoms with E-state index in [1.54, 1.807) is 27.7 Å². The summed E-state index contributed by atoms with van der Waals surface area (Å²) in [6, 6.07) is -3.32. The van der Waals surface area contributed by atoms with E-state index in [4.69, 9.17) is 4.74 Å². The molecule has 0 saturated carbocycles. The average Bonchev–Trinajstić information content (AvgIpc) is 2.92. The Bertz CT molecular complexity index is 986. The maximum absolute atomic E-state index is 13.5. The van der Waals surface area contributed by atoms with Crippen molar-refractivity contribution in [3.05, 3.63) is 0 Å². The van der Waals surface area contributed by atoms with Crippen molar-refractivity contribution in [1.29, 1.82) is 0 Å². The number of carbonyl (C=O) groups excluding carboxylic acids is 5. The van der Waals surface area contributed by atoms with Gasteiger partial charge in [-0.25, -0.2) is 4.79 Å². The van der Waals surface area contributed by atoms with Gasteiger partial charge in [0.2, 0.25) is 23.6 Å². The number of aliphatic hydroxyl groups excluding tert-OH is 1. The molecule has 0 rings (SSSR count). The minimum Gasteiger partial charge on any atom is -0.444 e. The topological polar surface area (TPSA) is 175 Å². The minimum absolute atomic E-state index is 0.0473. The fraction of sp³-hybridized carbons (Fsp3) is 0.853. The molecule has 6 N–H and O–H groups in total. The smallest absolute Gasteiger partial charge is 0.408 e. The molecule has 6 atom stereocenters. The molecule has 0 heterocycles. The number of unbranched alkanes of at least 4 members (excludes halogenated alkanes) is 1. The van der Waals surface area contributed by atoms with Gasteiger partial charge in [0.05, 0.1) is 12.1 Å². The monoisotopic (exact) mass is 687 g/mol. The molecule has 0 fully saturated rings. The number of ether oxygens (including phenoxy) is 1. The lowest BCUT2D eigenvalue weighted by Crippen LogP contribution is -2.57. The molecule has 0 unspecified atom stereocenters. The first-order chi connectivity index (χ1) is 21.7. The number of nitrogens with one attached hydrogen (secondary N) is 5. The molecule has 12 nitrogen and oxygen atoms in total. The highest BCUT2D eigenvalue weighted by Crippen LogP contribution is 2.17. The van der Waals surface area contributed by atoms with E-state index in [0.717, 1.165) is 12.8 Å². The van der Waals surface area contributed by atoms with Crippen LogP contribution in [0.3, 0.4) is 0 Å². The van der Waals surface area contributed by atoms with E-state index in [9.17, 15) is 29.1 Å². The van der Waals surface area contributed by atoms with E-state index in [1.807, 2.05) is 48.5 Å². The van der Waals surface area contributed by atoms with Gasteiger partial charge >= 0.3 is 6.09 Å². The van der Waals surface area contributed by atoms with Crippen molar-refractivity contribution in [3.63, 3.8) is 0 Å². The number of carbonyl (C=O) groups is 5. The first-order valence-corrected chi connectivity index (χ1v) is 17.8. The van der Waals surface area contributed by atoms with Gasteiger partial charge in [0.15, 0.2) is 0 Å². The van der Waals surface area contributed by atoms with Crippen molar-refractivity contribution in [2.45, 2.75) is 151 Å². The highest BCUT2D eigenvalue weighted by molar-refractivity contribution is 7.80. The first-order valence-electron chi connectivity index (χ1n) is 17.2. The van der Waals surface area contributed by atoms with Gasteiger partial charge in [-0.1, -0.05) is 61.8 Å². The average molecular weight is 688 g/mol. The number of alkyl carbamates (subject to hydrolysis) is 1. The number of aliphatic hydroxyl groups is 1. The van der Waals surface area contributed by atoms with Crippen molar-refractivity contribution in [1.82, 2.24) is 26.6 Å². The van der Waals surface area contributed by atoms with E-state index in [1.165, 1.54) is 0 Å². The molecule has 0 spiro atoms. The van der Waals surface area contributed by atoms with E-state index in [-0.39, 0.29) is 42.4 Å². The second kappa shape index (κ2) is 22.2. The molecule has 0 aliphatic heterocycles. The first kappa shape index (κ1) is 44.5. The van der Waals surface area contributed by atoms with Crippen LogP contribution in [0.2, 0.25) is 0 Å². The number of thiol groups is 1. The summed E-state index contributed by atoms with van der Waals surface area (Å²) in [6.45, 7) is 20.9. The Kier molecular flexibility index (Phi) is 21.0. The van der Waals surface area contributed by atoms with Gasteiger partial charge in [-0.15, -0.1) is 0 Å². The third kappa shape index (κ3) is 19.1. The maximum Gasteiger partial charge on any atom is 0.408 e. The number of rotatable bonds is 21. The zero-order valence-corrected chi connectivity index (χ0v) is 31.6. The predicted octanol–water partition coefficient (Wildman–Crippen LogP) is 3.71. The molecule has 274 valence electrons. The quantitative estimate of drug-likeness (QED) is 0.0711. The van der Waals surface area contributed by atoms with Crippen LogP contribution >= 0.6 is 12.6 Å². The molecule has 0 saturated heterocycles. The van der Waals surface area contributed by atoms with Gasteiger partial charge in [0, 0.05) is 12.5 Å². The molecular weight excluding hydrogens is 622 g/mol. The molecule has 0 aromatic carbocycles. The maximum atomic E-state index is 13.5. The number of hydrogen-bond donors (Lipinski definition) is 7.